The van der Waals surface area contributed by atoms with Crippen LogP contribution in [0.1, 0.15) is 105 Å². The SMILES string of the molecule is CCCCCCCCNc1c(F)c2c(c(Nc3c(OCC)cccc3OCC)c1Nc1c(OCC)cccc1OCC)C(=O)c1c(O)ccc(O)c1C2=O. The van der Waals surface area contributed by atoms with E-state index in [9.17, 15) is 19.8 Å². The highest BCUT2D eigenvalue weighted by Gasteiger charge is 2.41. The van der Waals surface area contributed by atoms with Gasteiger partial charge in [-0.3, -0.25) is 9.59 Å². The number of nitrogens with one attached hydrogen (secondary N) is 3. The fourth-order valence-corrected chi connectivity index (χ4v) is 6.61. The molecule has 54 heavy (non-hydrogen) atoms. The van der Waals surface area contributed by atoms with Gasteiger partial charge in [0.2, 0.25) is 11.6 Å². The molecule has 1 aliphatic carbocycles. The van der Waals surface area contributed by atoms with E-state index in [4.69, 9.17) is 18.9 Å². The number of aromatic hydroxyl groups is 2. The fourth-order valence-electron chi connectivity index (χ4n) is 6.61. The molecule has 288 valence electrons. The van der Waals surface area contributed by atoms with E-state index in [1.54, 1.807) is 36.4 Å². The summed E-state index contributed by atoms with van der Waals surface area (Å²) in [7, 11) is 0. The van der Waals surface area contributed by atoms with Crippen LogP contribution in [-0.2, 0) is 0 Å². The Morgan fingerprint density at radius 3 is 1.41 bits per heavy atom. The molecule has 4 aromatic carbocycles. The lowest BCUT2D eigenvalue weighted by Crippen LogP contribution is -2.26. The number of phenolic OH excluding ortho intramolecular Hbond substituents is 2. The summed E-state index contributed by atoms with van der Waals surface area (Å²) >= 11 is 0. The summed E-state index contributed by atoms with van der Waals surface area (Å²) in [5, 5.41) is 31.7. The van der Waals surface area contributed by atoms with Gasteiger partial charge in [-0.1, -0.05) is 51.2 Å². The smallest absolute Gasteiger partial charge is 0.201 e. The predicted molar refractivity (Wildman–Crippen MR) is 209 cm³/mol. The molecule has 0 unspecified atom stereocenters. The van der Waals surface area contributed by atoms with Crippen LogP contribution in [0.2, 0.25) is 0 Å². The van der Waals surface area contributed by atoms with Crippen LogP contribution in [0.3, 0.4) is 0 Å². The minimum Gasteiger partial charge on any atom is -0.507 e. The van der Waals surface area contributed by atoms with E-state index in [1.165, 1.54) is 0 Å². The minimum absolute atomic E-state index is 0.00885. The molecular weight excluding hydrogens is 693 g/mol. The number of hydrogen-bond acceptors (Lipinski definition) is 11. The van der Waals surface area contributed by atoms with Crippen LogP contribution in [0.5, 0.6) is 34.5 Å². The topological polar surface area (TPSA) is 148 Å². The largest absolute Gasteiger partial charge is 0.507 e. The molecule has 0 bridgehead atoms. The van der Waals surface area contributed by atoms with Crippen molar-refractivity contribution in [3.63, 3.8) is 0 Å². The normalized spacial score (nSPS) is 11.8. The van der Waals surface area contributed by atoms with Crippen molar-refractivity contribution in [1.29, 1.82) is 0 Å². The number of anilines is 5. The Morgan fingerprint density at radius 2 is 0.944 bits per heavy atom. The Balaban J connectivity index is 1.84. The molecule has 0 saturated heterocycles. The minimum atomic E-state index is -1.01. The number of halogens is 1. The Bertz CT molecular complexity index is 1930. The molecule has 0 atom stereocenters. The summed E-state index contributed by atoms with van der Waals surface area (Å²) in [6, 6.07) is 12.7. The molecule has 0 heterocycles. The number of carbonyl (C=O) groups excluding carboxylic acids is 2. The Kier molecular flexibility index (Phi) is 13.5. The van der Waals surface area contributed by atoms with Gasteiger partial charge in [0.05, 0.1) is 65.7 Å². The van der Waals surface area contributed by atoms with Gasteiger partial charge < -0.3 is 45.1 Å². The van der Waals surface area contributed by atoms with Gasteiger partial charge in [0.15, 0.2) is 5.82 Å². The summed E-state index contributed by atoms with van der Waals surface area (Å²) in [4.78, 5) is 29.0. The maximum Gasteiger partial charge on any atom is 0.201 e. The highest BCUT2D eigenvalue weighted by atomic mass is 19.1. The van der Waals surface area contributed by atoms with E-state index in [1.807, 2.05) is 27.7 Å². The number of carbonyl (C=O) groups is 2. The van der Waals surface area contributed by atoms with E-state index in [0.717, 1.165) is 44.2 Å². The number of ether oxygens (including phenoxy) is 4. The van der Waals surface area contributed by atoms with Crippen LogP contribution in [0, 0.1) is 5.82 Å². The molecule has 11 nitrogen and oxygen atoms in total. The van der Waals surface area contributed by atoms with Gasteiger partial charge in [0, 0.05) is 6.54 Å². The van der Waals surface area contributed by atoms with Gasteiger partial charge in [0.1, 0.15) is 45.9 Å². The van der Waals surface area contributed by atoms with Gasteiger partial charge in [-0.15, -0.1) is 0 Å². The van der Waals surface area contributed by atoms with Crippen LogP contribution >= 0.6 is 0 Å². The van der Waals surface area contributed by atoms with Crippen LogP contribution in [0.15, 0.2) is 48.5 Å². The van der Waals surface area contributed by atoms with Gasteiger partial charge in [-0.05, 0) is 70.5 Å². The highest BCUT2D eigenvalue weighted by molar-refractivity contribution is 6.33. The number of rotatable bonds is 20. The lowest BCUT2D eigenvalue weighted by Gasteiger charge is -2.29. The summed E-state index contributed by atoms with van der Waals surface area (Å²) in [5.41, 5.74) is -1.24. The number of benzene rings is 4. The average Bonchev–Trinajstić information content (AvgIpc) is 3.15. The number of phenols is 2. The lowest BCUT2D eigenvalue weighted by atomic mass is 9.80. The van der Waals surface area contributed by atoms with Gasteiger partial charge >= 0.3 is 0 Å². The molecule has 0 aliphatic heterocycles. The Labute approximate surface area is 315 Å². The van der Waals surface area contributed by atoms with Crippen LogP contribution in [0.25, 0.3) is 0 Å². The first-order valence-corrected chi connectivity index (χ1v) is 18.8. The standard InChI is InChI=1S/C42H50FN3O8/c1-6-11-12-13-14-15-24-44-39-35(43)33-34(42(50)32-26(48)23-22-25(47)31(32)41(33)49)38(45-36-27(51-7-2)18-16-19-28(36)52-8-3)40(39)46-37-29(53-9-4)20-17-21-30(37)54-10-5/h16-23,44-48H,6-15,24H2,1-5H3. The number of ketones is 2. The first-order valence-electron chi connectivity index (χ1n) is 18.8. The quantitative estimate of drug-likeness (QED) is 0.0383. The van der Waals surface area contributed by atoms with Crippen LogP contribution in [0.4, 0.5) is 32.8 Å². The number of para-hydroxylation sites is 2. The molecule has 0 amide bonds. The van der Waals surface area contributed by atoms with Crippen molar-refractivity contribution >= 4 is 40.0 Å². The lowest BCUT2D eigenvalue weighted by molar-refractivity contribution is 0.0971. The molecular formula is C42H50FN3O8. The third-order valence-electron chi connectivity index (χ3n) is 9.02. The molecule has 0 fully saturated rings. The van der Waals surface area contributed by atoms with Crippen molar-refractivity contribution in [2.24, 2.45) is 0 Å². The Hall–Kier alpha value is -5.65. The molecule has 0 saturated carbocycles. The molecule has 4 aromatic rings. The Morgan fingerprint density at radius 1 is 0.519 bits per heavy atom. The molecule has 12 heteroatoms. The molecule has 0 aromatic heterocycles. The maximum atomic E-state index is 17.4. The molecule has 1 aliphatic rings. The predicted octanol–water partition coefficient (Wildman–Crippen LogP) is 9.87. The molecule has 5 N–H and O–H groups in total. The van der Waals surface area contributed by atoms with Crippen LogP contribution < -0.4 is 34.9 Å². The van der Waals surface area contributed by atoms with Crippen molar-refractivity contribution in [2.45, 2.75) is 73.1 Å². The number of hydrogen-bond donors (Lipinski definition) is 5. The third-order valence-corrected chi connectivity index (χ3v) is 9.02. The zero-order valence-electron chi connectivity index (χ0n) is 31.6. The van der Waals surface area contributed by atoms with E-state index in [2.05, 4.69) is 22.9 Å². The summed E-state index contributed by atoms with van der Waals surface area (Å²) in [6.45, 7) is 11.0. The van der Waals surface area contributed by atoms with Crippen molar-refractivity contribution in [3.8, 4) is 34.5 Å². The maximum absolute atomic E-state index is 17.4. The fraction of sp³-hybridized carbons (Fsp3) is 0.381. The van der Waals surface area contributed by atoms with Gasteiger partial charge in [-0.25, -0.2) is 4.39 Å². The zero-order chi connectivity index (χ0) is 38.8. The molecule has 0 spiro atoms. The first-order chi connectivity index (χ1) is 26.2. The number of unbranched alkanes of at least 4 members (excludes halogenated alkanes) is 5. The van der Waals surface area contributed by atoms with Crippen molar-refractivity contribution in [2.75, 3.05) is 48.9 Å². The molecule has 0 radical (unpaired) electrons. The van der Waals surface area contributed by atoms with E-state index in [0.29, 0.717) is 73.8 Å². The van der Waals surface area contributed by atoms with Crippen molar-refractivity contribution in [3.05, 3.63) is 76.6 Å². The van der Waals surface area contributed by atoms with E-state index < -0.39 is 45.6 Å². The summed E-state index contributed by atoms with van der Waals surface area (Å²) < 4.78 is 41.4. The van der Waals surface area contributed by atoms with Crippen molar-refractivity contribution < 1.29 is 43.1 Å². The summed E-state index contributed by atoms with van der Waals surface area (Å²) in [6.07, 6.45) is 5.94. The third kappa shape index (κ3) is 8.12. The first kappa shape index (κ1) is 39.6. The second-order valence-electron chi connectivity index (χ2n) is 12.6. The van der Waals surface area contributed by atoms with Crippen molar-refractivity contribution in [1.82, 2.24) is 0 Å². The van der Waals surface area contributed by atoms with E-state index in [-0.39, 0.29) is 22.6 Å². The average molecular weight is 744 g/mol. The zero-order valence-corrected chi connectivity index (χ0v) is 31.6. The van der Waals surface area contributed by atoms with Crippen LogP contribution in [-0.4, -0.2) is 54.8 Å². The second kappa shape index (κ2) is 18.4. The number of fused-ring (bicyclic) bond motifs is 2. The second-order valence-corrected chi connectivity index (χ2v) is 12.6. The molecule has 5 rings (SSSR count). The highest BCUT2D eigenvalue weighted by Crippen LogP contribution is 2.51. The van der Waals surface area contributed by atoms with Gasteiger partial charge in [-0.2, -0.15) is 0 Å². The van der Waals surface area contributed by atoms with E-state index >= 15 is 4.39 Å². The summed E-state index contributed by atoms with van der Waals surface area (Å²) in [5.74, 6) is -2.41. The van der Waals surface area contributed by atoms with Gasteiger partial charge in [0.25, 0.3) is 0 Å². The monoisotopic (exact) mass is 743 g/mol.